The third-order valence-corrected chi connectivity index (χ3v) is 5.50. The van der Waals surface area contributed by atoms with Gasteiger partial charge in [0, 0.05) is 12.1 Å². The van der Waals surface area contributed by atoms with E-state index in [1.807, 2.05) is 0 Å². The van der Waals surface area contributed by atoms with Crippen LogP contribution in [0.1, 0.15) is 38.7 Å². The summed E-state index contributed by atoms with van der Waals surface area (Å²) in [6.07, 6.45) is 6.09. The molecule has 1 aliphatic carbocycles. The Morgan fingerprint density at radius 3 is 2.31 bits per heavy atom. The van der Waals surface area contributed by atoms with Crippen molar-refractivity contribution in [2.24, 2.45) is 11.8 Å². The largest absolute Gasteiger partial charge is 0.493 e. The van der Waals surface area contributed by atoms with Gasteiger partial charge in [0.25, 0.3) is 5.91 Å². The van der Waals surface area contributed by atoms with E-state index in [1.54, 1.807) is 18.2 Å². The van der Waals surface area contributed by atoms with Crippen LogP contribution in [0.4, 0.5) is 0 Å². The van der Waals surface area contributed by atoms with Crippen LogP contribution in [0.5, 0.6) is 17.2 Å². The predicted octanol–water partition coefficient (Wildman–Crippen LogP) is 3.21. The van der Waals surface area contributed by atoms with Crippen LogP contribution in [0.25, 0.3) is 6.08 Å². The molecule has 0 spiro atoms. The molecule has 1 amide bonds. The van der Waals surface area contributed by atoms with Gasteiger partial charge in [-0.3, -0.25) is 4.79 Å². The van der Waals surface area contributed by atoms with Crippen LogP contribution >= 0.6 is 0 Å². The predicted molar refractivity (Wildman–Crippen MR) is 110 cm³/mol. The van der Waals surface area contributed by atoms with Crippen LogP contribution in [0.3, 0.4) is 0 Å². The highest BCUT2D eigenvalue weighted by Crippen LogP contribution is 2.38. The molecule has 0 saturated heterocycles. The lowest BCUT2D eigenvalue weighted by molar-refractivity contribution is -0.144. The molecule has 1 fully saturated rings. The first-order valence-electron chi connectivity index (χ1n) is 9.83. The number of carbonyl (C=O) groups is 2. The summed E-state index contributed by atoms with van der Waals surface area (Å²) in [4.78, 5) is 24.1. The topological polar surface area (TPSA) is 83.1 Å². The Morgan fingerprint density at radius 1 is 1.07 bits per heavy atom. The highest BCUT2D eigenvalue weighted by molar-refractivity contribution is 5.89. The van der Waals surface area contributed by atoms with Gasteiger partial charge in [-0.1, -0.05) is 26.7 Å². The molecule has 7 nitrogen and oxygen atoms in total. The average Bonchev–Trinajstić information content (AvgIpc) is 2.73. The van der Waals surface area contributed by atoms with Crippen molar-refractivity contribution in [2.45, 2.75) is 39.2 Å². The minimum Gasteiger partial charge on any atom is -0.493 e. The summed E-state index contributed by atoms with van der Waals surface area (Å²) >= 11 is 0. The van der Waals surface area contributed by atoms with Gasteiger partial charge in [-0.25, -0.2) is 4.79 Å². The molecule has 0 aromatic heterocycles. The average molecular weight is 405 g/mol. The quantitative estimate of drug-likeness (QED) is 0.528. The Bertz CT molecular complexity index is 720. The SMILES string of the molecule is COc1cc(/C=C/C(=O)OCC(=O)N[C@@H]2CCC[C@@H](C)[C@H]2C)cc(OC)c1OC. The van der Waals surface area contributed by atoms with E-state index in [1.165, 1.54) is 33.8 Å². The molecule has 0 unspecified atom stereocenters. The molecular weight excluding hydrogens is 374 g/mol. The fraction of sp³-hybridized carbons (Fsp3) is 0.545. The number of rotatable bonds is 8. The molecule has 29 heavy (non-hydrogen) atoms. The fourth-order valence-corrected chi connectivity index (χ4v) is 3.58. The number of ether oxygens (including phenoxy) is 4. The van der Waals surface area contributed by atoms with Gasteiger partial charge in [0.05, 0.1) is 21.3 Å². The molecule has 0 aliphatic heterocycles. The molecular formula is C22H31NO6. The Morgan fingerprint density at radius 2 is 1.72 bits per heavy atom. The number of hydrogen-bond acceptors (Lipinski definition) is 6. The van der Waals surface area contributed by atoms with Gasteiger partial charge >= 0.3 is 5.97 Å². The summed E-state index contributed by atoms with van der Waals surface area (Å²) in [7, 11) is 4.56. The maximum absolute atomic E-state index is 12.1. The summed E-state index contributed by atoms with van der Waals surface area (Å²) in [5.74, 6) is 1.56. The second-order valence-electron chi connectivity index (χ2n) is 7.34. The van der Waals surface area contributed by atoms with Crippen molar-refractivity contribution in [3.05, 3.63) is 23.8 Å². The van der Waals surface area contributed by atoms with Crippen molar-refractivity contribution in [2.75, 3.05) is 27.9 Å². The fourth-order valence-electron chi connectivity index (χ4n) is 3.58. The van der Waals surface area contributed by atoms with Gasteiger partial charge < -0.3 is 24.3 Å². The molecule has 2 rings (SSSR count). The lowest BCUT2D eigenvalue weighted by atomic mass is 9.78. The van der Waals surface area contributed by atoms with E-state index in [9.17, 15) is 9.59 Å². The smallest absolute Gasteiger partial charge is 0.331 e. The Balaban J connectivity index is 1.90. The summed E-state index contributed by atoms with van der Waals surface area (Å²) in [6.45, 7) is 4.06. The zero-order valence-electron chi connectivity index (χ0n) is 17.8. The second kappa shape index (κ2) is 10.7. The summed E-state index contributed by atoms with van der Waals surface area (Å²) < 4.78 is 20.9. The summed E-state index contributed by atoms with van der Waals surface area (Å²) in [5, 5.41) is 2.98. The van der Waals surface area contributed by atoms with Gasteiger partial charge in [-0.2, -0.15) is 0 Å². The first-order chi connectivity index (χ1) is 13.9. The maximum Gasteiger partial charge on any atom is 0.331 e. The van der Waals surface area contributed by atoms with Crippen LogP contribution in [0.15, 0.2) is 18.2 Å². The molecule has 160 valence electrons. The number of nitrogens with one attached hydrogen (secondary N) is 1. The molecule has 1 aromatic rings. The van der Waals surface area contributed by atoms with Gasteiger partial charge in [0.2, 0.25) is 5.75 Å². The Labute approximate surface area is 172 Å². The molecule has 3 atom stereocenters. The van der Waals surface area contributed by atoms with Gasteiger partial charge in [0.15, 0.2) is 18.1 Å². The van der Waals surface area contributed by atoms with E-state index in [0.29, 0.717) is 34.6 Å². The molecule has 7 heteroatoms. The standard InChI is InChI=1S/C22H31NO6/c1-14-7-6-8-17(15(14)2)23-20(24)13-29-21(25)10-9-16-11-18(26-3)22(28-5)19(12-16)27-4/h9-12,14-15,17H,6-8,13H2,1-5H3,(H,23,24)/b10-9+/t14-,15-,17-/m1/s1. The van der Waals surface area contributed by atoms with E-state index >= 15 is 0 Å². The third kappa shape index (κ3) is 6.14. The number of esters is 1. The summed E-state index contributed by atoms with van der Waals surface area (Å²) in [6, 6.07) is 3.56. The second-order valence-corrected chi connectivity index (χ2v) is 7.34. The lowest BCUT2D eigenvalue weighted by Gasteiger charge is -2.34. The van der Waals surface area contributed by atoms with Crippen molar-refractivity contribution in [1.29, 1.82) is 0 Å². The maximum atomic E-state index is 12.1. The minimum absolute atomic E-state index is 0.139. The van der Waals surface area contributed by atoms with Crippen LogP contribution in [0, 0.1) is 11.8 Å². The zero-order chi connectivity index (χ0) is 21.4. The zero-order valence-corrected chi connectivity index (χ0v) is 17.8. The highest BCUT2D eigenvalue weighted by atomic mass is 16.5. The van der Waals surface area contributed by atoms with E-state index in [2.05, 4.69) is 19.2 Å². The number of hydrogen-bond donors (Lipinski definition) is 1. The van der Waals surface area contributed by atoms with Crippen molar-refractivity contribution in [3.8, 4) is 17.2 Å². The molecule has 0 bridgehead atoms. The molecule has 1 N–H and O–H groups in total. The van der Waals surface area contributed by atoms with E-state index < -0.39 is 5.97 Å². The number of benzene rings is 1. The van der Waals surface area contributed by atoms with Crippen molar-refractivity contribution in [3.63, 3.8) is 0 Å². The lowest BCUT2D eigenvalue weighted by Crippen LogP contribution is -2.45. The Kier molecular flexibility index (Phi) is 8.36. The van der Waals surface area contributed by atoms with Gasteiger partial charge in [-0.15, -0.1) is 0 Å². The van der Waals surface area contributed by atoms with Crippen LogP contribution in [0.2, 0.25) is 0 Å². The molecule has 1 saturated carbocycles. The number of methoxy groups -OCH3 is 3. The first kappa shape index (κ1) is 22.6. The van der Waals surface area contributed by atoms with Crippen LogP contribution in [-0.4, -0.2) is 45.9 Å². The van der Waals surface area contributed by atoms with Crippen LogP contribution < -0.4 is 19.5 Å². The Hall–Kier alpha value is -2.70. The van der Waals surface area contributed by atoms with E-state index in [0.717, 1.165) is 12.8 Å². The van der Waals surface area contributed by atoms with Crippen LogP contribution in [-0.2, 0) is 14.3 Å². The molecule has 1 aromatic carbocycles. The van der Waals surface area contributed by atoms with E-state index in [4.69, 9.17) is 18.9 Å². The van der Waals surface area contributed by atoms with E-state index in [-0.39, 0.29) is 18.6 Å². The third-order valence-electron chi connectivity index (χ3n) is 5.50. The van der Waals surface area contributed by atoms with Crippen molar-refractivity contribution in [1.82, 2.24) is 5.32 Å². The van der Waals surface area contributed by atoms with Gasteiger partial charge in [0.1, 0.15) is 0 Å². The highest BCUT2D eigenvalue weighted by Gasteiger charge is 2.28. The molecule has 0 heterocycles. The minimum atomic E-state index is -0.598. The van der Waals surface area contributed by atoms with Crippen molar-refractivity contribution < 1.29 is 28.5 Å². The number of carbonyl (C=O) groups excluding carboxylic acids is 2. The monoisotopic (exact) mass is 405 g/mol. The number of amides is 1. The summed E-state index contributed by atoms with van der Waals surface area (Å²) in [5.41, 5.74) is 0.672. The normalized spacial score (nSPS) is 21.5. The molecule has 0 radical (unpaired) electrons. The first-order valence-corrected chi connectivity index (χ1v) is 9.83. The van der Waals surface area contributed by atoms with Crippen molar-refractivity contribution >= 4 is 18.0 Å². The molecule has 1 aliphatic rings. The van der Waals surface area contributed by atoms with Gasteiger partial charge in [-0.05, 0) is 42.0 Å².